The fourth-order valence-electron chi connectivity index (χ4n) is 1.22. The fraction of sp³-hybridized carbons (Fsp3) is 0.667. The average molecular weight is 229 g/mol. The van der Waals surface area contributed by atoms with E-state index in [1.54, 1.807) is 5.38 Å². The molecular weight excluding hydrogens is 214 g/mol. The van der Waals surface area contributed by atoms with E-state index >= 15 is 0 Å². The molecule has 84 valence electrons. The second-order valence-corrected chi connectivity index (χ2v) is 3.90. The van der Waals surface area contributed by atoms with Crippen LogP contribution in [-0.4, -0.2) is 33.8 Å². The molecular formula is C9H15N3O2S. The van der Waals surface area contributed by atoms with Gasteiger partial charge in [0.2, 0.25) is 0 Å². The molecule has 0 aromatic carbocycles. The molecule has 1 rings (SSSR count). The molecule has 0 fully saturated rings. The van der Waals surface area contributed by atoms with Crippen LogP contribution >= 0.6 is 11.5 Å². The number of nitrogens with one attached hydrogen (secondary N) is 1. The summed E-state index contributed by atoms with van der Waals surface area (Å²) in [7, 11) is 0. The lowest BCUT2D eigenvalue weighted by molar-refractivity contribution is 0.0938. The highest BCUT2D eigenvalue weighted by Crippen LogP contribution is 2.06. The third-order valence-corrected chi connectivity index (χ3v) is 2.76. The van der Waals surface area contributed by atoms with Crippen LogP contribution in [-0.2, 0) is 0 Å². The first-order valence-electron chi connectivity index (χ1n) is 4.94. The van der Waals surface area contributed by atoms with E-state index in [2.05, 4.69) is 14.9 Å². The predicted molar refractivity (Wildman–Crippen MR) is 57.7 cm³/mol. The van der Waals surface area contributed by atoms with Gasteiger partial charge in [-0.05, 0) is 23.9 Å². The Labute approximate surface area is 92.7 Å². The molecule has 5 nitrogen and oxygen atoms in total. The molecule has 15 heavy (non-hydrogen) atoms. The number of rotatable bonds is 6. The number of hydrogen-bond acceptors (Lipinski definition) is 5. The maximum absolute atomic E-state index is 11.5. The van der Waals surface area contributed by atoms with E-state index in [4.69, 9.17) is 5.11 Å². The lowest BCUT2D eigenvalue weighted by Crippen LogP contribution is -2.29. The highest BCUT2D eigenvalue weighted by atomic mass is 32.1. The average Bonchev–Trinajstić information content (AvgIpc) is 2.77. The lowest BCUT2D eigenvalue weighted by atomic mass is 10.0. The van der Waals surface area contributed by atoms with Crippen LogP contribution in [0.5, 0.6) is 0 Å². The Morgan fingerprint density at radius 1 is 1.73 bits per heavy atom. The molecule has 0 saturated carbocycles. The van der Waals surface area contributed by atoms with Gasteiger partial charge < -0.3 is 10.4 Å². The Hall–Kier alpha value is -1.01. The van der Waals surface area contributed by atoms with Crippen LogP contribution < -0.4 is 5.32 Å². The molecule has 0 aliphatic heterocycles. The van der Waals surface area contributed by atoms with E-state index < -0.39 is 0 Å². The van der Waals surface area contributed by atoms with Gasteiger partial charge in [0.1, 0.15) is 0 Å². The van der Waals surface area contributed by atoms with Crippen LogP contribution in [0.4, 0.5) is 0 Å². The largest absolute Gasteiger partial charge is 0.396 e. The predicted octanol–water partition coefficient (Wildman–Crippen LogP) is 0.676. The molecule has 0 spiro atoms. The van der Waals surface area contributed by atoms with Crippen molar-refractivity contribution < 1.29 is 9.90 Å². The van der Waals surface area contributed by atoms with Crippen molar-refractivity contribution in [3.63, 3.8) is 0 Å². The first-order chi connectivity index (χ1) is 7.27. The third-order valence-electron chi connectivity index (χ3n) is 2.26. The zero-order valence-electron chi connectivity index (χ0n) is 8.64. The summed E-state index contributed by atoms with van der Waals surface area (Å²) in [6.45, 7) is 2.77. The van der Waals surface area contributed by atoms with Gasteiger partial charge in [0.25, 0.3) is 5.91 Å². The number of aromatic nitrogens is 2. The van der Waals surface area contributed by atoms with E-state index in [9.17, 15) is 4.79 Å². The summed E-state index contributed by atoms with van der Waals surface area (Å²) in [6.07, 6.45) is 1.66. The Morgan fingerprint density at radius 2 is 2.53 bits per heavy atom. The number of hydrogen-bond donors (Lipinski definition) is 2. The van der Waals surface area contributed by atoms with Gasteiger partial charge in [-0.3, -0.25) is 4.79 Å². The molecule has 6 heteroatoms. The maximum Gasteiger partial charge on any atom is 0.272 e. The van der Waals surface area contributed by atoms with Crippen molar-refractivity contribution in [1.29, 1.82) is 0 Å². The van der Waals surface area contributed by atoms with E-state index in [0.717, 1.165) is 18.0 Å². The smallest absolute Gasteiger partial charge is 0.272 e. The summed E-state index contributed by atoms with van der Waals surface area (Å²) < 4.78 is 3.62. The van der Waals surface area contributed by atoms with Gasteiger partial charge in [-0.25, -0.2) is 0 Å². The van der Waals surface area contributed by atoms with Crippen molar-refractivity contribution in [1.82, 2.24) is 14.9 Å². The van der Waals surface area contributed by atoms with Crippen LogP contribution in [0.15, 0.2) is 5.38 Å². The summed E-state index contributed by atoms with van der Waals surface area (Å²) in [5.41, 5.74) is 0.360. The van der Waals surface area contributed by atoms with Gasteiger partial charge in [-0.15, -0.1) is 5.10 Å². The van der Waals surface area contributed by atoms with Gasteiger partial charge in [0.05, 0.1) is 0 Å². The highest BCUT2D eigenvalue weighted by Gasteiger charge is 2.11. The number of aliphatic hydroxyl groups is 1. The Morgan fingerprint density at radius 3 is 3.07 bits per heavy atom. The van der Waals surface area contributed by atoms with Crippen molar-refractivity contribution in [2.75, 3.05) is 13.2 Å². The fourth-order valence-corrected chi connectivity index (χ4v) is 1.66. The summed E-state index contributed by atoms with van der Waals surface area (Å²) in [4.78, 5) is 11.5. The van der Waals surface area contributed by atoms with Gasteiger partial charge in [0.15, 0.2) is 5.69 Å². The van der Waals surface area contributed by atoms with Gasteiger partial charge in [-0.1, -0.05) is 17.8 Å². The van der Waals surface area contributed by atoms with Crippen LogP contribution in [0.2, 0.25) is 0 Å². The van der Waals surface area contributed by atoms with Crippen LogP contribution in [0.1, 0.15) is 30.3 Å². The first-order valence-corrected chi connectivity index (χ1v) is 5.77. The molecule has 1 atom stereocenters. The van der Waals surface area contributed by atoms with Crippen LogP contribution in [0.25, 0.3) is 0 Å². The maximum atomic E-state index is 11.5. The SMILES string of the molecule is CCC(CCO)CNC(=O)c1csnn1. The quantitative estimate of drug-likeness (QED) is 0.752. The monoisotopic (exact) mass is 229 g/mol. The van der Waals surface area contributed by atoms with Crippen LogP contribution in [0.3, 0.4) is 0 Å². The van der Waals surface area contributed by atoms with Gasteiger partial charge in [0, 0.05) is 18.5 Å². The van der Waals surface area contributed by atoms with Gasteiger partial charge in [-0.2, -0.15) is 0 Å². The van der Waals surface area contributed by atoms with Crippen molar-refractivity contribution in [2.24, 2.45) is 5.92 Å². The summed E-state index contributed by atoms with van der Waals surface area (Å²) >= 11 is 1.16. The molecule has 1 aromatic heterocycles. The zero-order chi connectivity index (χ0) is 11.1. The summed E-state index contributed by atoms with van der Waals surface area (Å²) in [6, 6.07) is 0. The second kappa shape index (κ2) is 6.47. The number of amides is 1. The second-order valence-electron chi connectivity index (χ2n) is 3.29. The molecule has 0 radical (unpaired) electrons. The van der Waals surface area contributed by atoms with Crippen molar-refractivity contribution in [3.8, 4) is 0 Å². The molecule has 1 aromatic rings. The molecule has 0 saturated heterocycles. The number of nitrogens with zero attached hydrogens (tertiary/aromatic N) is 2. The molecule has 1 amide bonds. The van der Waals surface area contributed by atoms with E-state index in [1.165, 1.54) is 0 Å². The minimum Gasteiger partial charge on any atom is -0.396 e. The Balaban J connectivity index is 2.33. The molecule has 1 heterocycles. The Bertz CT molecular complexity index is 290. The van der Waals surface area contributed by atoms with E-state index in [1.807, 2.05) is 6.92 Å². The first kappa shape index (κ1) is 12.1. The number of carbonyl (C=O) groups is 1. The summed E-state index contributed by atoms with van der Waals surface area (Å²) in [5.74, 6) is 0.130. The highest BCUT2D eigenvalue weighted by molar-refractivity contribution is 7.03. The van der Waals surface area contributed by atoms with Crippen molar-refractivity contribution in [3.05, 3.63) is 11.1 Å². The molecule has 1 unspecified atom stereocenters. The molecule has 0 bridgehead atoms. The Kier molecular flexibility index (Phi) is 5.20. The van der Waals surface area contributed by atoms with Crippen molar-refractivity contribution in [2.45, 2.75) is 19.8 Å². The minimum absolute atomic E-state index is 0.159. The normalized spacial score (nSPS) is 12.4. The van der Waals surface area contributed by atoms with Gasteiger partial charge >= 0.3 is 0 Å². The number of aliphatic hydroxyl groups excluding tert-OH is 1. The topological polar surface area (TPSA) is 75.1 Å². The zero-order valence-corrected chi connectivity index (χ0v) is 9.46. The minimum atomic E-state index is -0.194. The van der Waals surface area contributed by atoms with E-state index in [0.29, 0.717) is 24.6 Å². The standard InChI is InChI=1S/C9H15N3O2S/c1-2-7(3-4-13)5-10-9(14)8-6-15-12-11-8/h6-7,13H,2-5H2,1H3,(H,10,14). The molecule has 0 aliphatic carbocycles. The van der Waals surface area contributed by atoms with Crippen molar-refractivity contribution >= 4 is 17.4 Å². The van der Waals surface area contributed by atoms with Crippen LogP contribution in [0, 0.1) is 5.92 Å². The third kappa shape index (κ3) is 3.93. The number of carbonyl (C=O) groups excluding carboxylic acids is 1. The molecule has 2 N–H and O–H groups in total. The summed E-state index contributed by atoms with van der Waals surface area (Å²) in [5, 5.41) is 16.8. The molecule has 0 aliphatic rings. The lowest BCUT2D eigenvalue weighted by Gasteiger charge is -2.13. The van der Waals surface area contributed by atoms with E-state index in [-0.39, 0.29) is 12.5 Å².